The second kappa shape index (κ2) is 9.44. The summed E-state index contributed by atoms with van der Waals surface area (Å²) in [7, 11) is 0. The molecule has 4 rings (SSSR count). The summed E-state index contributed by atoms with van der Waals surface area (Å²) in [6, 6.07) is 9.56. The first-order chi connectivity index (χ1) is 15.7. The number of rotatable bonds is 5. The monoisotopic (exact) mass is 479 g/mol. The molecule has 2 saturated heterocycles. The van der Waals surface area contributed by atoms with Crippen LogP contribution in [-0.2, 0) is 22.3 Å². The van der Waals surface area contributed by atoms with E-state index in [9.17, 15) is 27.6 Å². The van der Waals surface area contributed by atoms with Gasteiger partial charge >= 0.3 is 6.18 Å². The summed E-state index contributed by atoms with van der Waals surface area (Å²) in [6.45, 7) is 1.86. The summed E-state index contributed by atoms with van der Waals surface area (Å²) in [4.78, 5) is 39.6. The molecule has 3 amide bonds. The first kappa shape index (κ1) is 23.1. The molecule has 7 nitrogen and oxygen atoms in total. The van der Waals surface area contributed by atoms with Crippen molar-refractivity contribution >= 4 is 40.2 Å². The maximum absolute atomic E-state index is 13.3. The van der Waals surface area contributed by atoms with Crippen LogP contribution in [0.2, 0.25) is 0 Å². The maximum atomic E-state index is 13.3. The zero-order valence-corrected chi connectivity index (χ0v) is 18.2. The number of hydrogen-bond acceptors (Lipinski definition) is 6. The molecule has 0 unspecified atom stereocenters. The summed E-state index contributed by atoms with van der Waals surface area (Å²) >= 11 is 0.916. The van der Waals surface area contributed by atoms with Gasteiger partial charge in [0.1, 0.15) is 0 Å². The van der Waals surface area contributed by atoms with Crippen molar-refractivity contribution in [2.24, 2.45) is 0 Å². The minimum atomic E-state index is -4.56. The Morgan fingerprint density at radius 3 is 2.52 bits per heavy atom. The van der Waals surface area contributed by atoms with Crippen molar-refractivity contribution in [2.75, 3.05) is 42.3 Å². The molecule has 0 saturated carbocycles. The Labute approximate surface area is 191 Å². The summed E-state index contributed by atoms with van der Waals surface area (Å²) in [5.41, 5.74) is 0.408. The van der Waals surface area contributed by atoms with Gasteiger partial charge in [-0.2, -0.15) is 13.2 Å². The Hall–Kier alpha value is -3.05. The summed E-state index contributed by atoms with van der Waals surface area (Å²) in [6.07, 6.45) is -4.56. The maximum Gasteiger partial charge on any atom is 0.416 e. The minimum Gasteiger partial charge on any atom is -0.378 e. The number of amides is 3. The quantitative estimate of drug-likeness (QED) is 0.699. The Kier molecular flexibility index (Phi) is 6.61. The first-order valence-electron chi connectivity index (χ1n) is 10.1. The van der Waals surface area contributed by atoms with Crippen LogP contribution in [0.5, 0.6) is 0 Å². The predicted octanol–water partition coefficient (Wildman–Crippen LogP) is 3.99. The van der Waals surface area contributed by atoms with Crippen molar-refractivity contribution in [3.63, 3.8) is 0 Å². The molecule has 33 heavy (non-hydrogen) atoms. The van der Waals surface area contributed by atoms with Crippen LogP contribution in [0.25, 0.3) is 0 Å². The number of imide groups is 1. The first-order valence-corrected chi connectivity index (χ1v) is 11.1. The molecule has 2 aliphatic rings. The van der Waals surface area contributed by atoms with E-state index in [1.54, 1.807) is 12.1 Å². The van der Waals surface area contributed by atoms with E-state index in [0.29, 0.717) is 37.6 Å². The fourth-order valence-corrected chi connectivity index (χ4v) is 4.34. The number of carbonyl (C=O) groups excluding carboxylic acids is 3. The molecule has 2 aromatic rings. The highest BCUT2D eigenvalue weighted by Crippen LogP contribution is 2.36. The van der Waals surface area contributed by atoms with Crippen LogP contribution in [-0.4, -0.2) is 54.0 Å². The molecular formula is C22H20F3N3O4S. The predicted molar refractivity (Wildman–Crippen MR) is 117 cm³/mol. The Balaban J connectivity index is 1.58. The fourth-order valence-electron chi connectivity index (χ4n) is 3.61. The second-order valence-corrected chi connectivity index (χ2v) is 8.44. The molecule has 0 aromatic heterocycles. The largest absolute Gasteiger partial charge is 0.416 e. The van der Waals surface area contributed by atoms with Crippen LogP contribution in [0, 0.1) is 0 Å². The van der Waals surface area contributed by atoms with Gasteiger partial charge in [-0.15, -0.1) is 0 Å². The molecule has 0 aliphatic carbocycles. The zero-order valence-electron chi connectivity index (χ0n) is 17.4. The van der Waals surface area contributed by atoms with Crippen LogP contribution in [0.3, 0.4) is 0 Å². The highest BCUT2D eigenvalue weighted by Gasteiger charge is 2.32. The highest BCUT2D eigenvalue weighted by atomic mass is 32.2. The standard InChI is InChI=1S/C22H20F3N3O4S/c23-22(24,25)16-4-5-18(27-6-8-32-9-7-27)17(11-16)26-20(30)15-3-1-2-14(10-15)12-28-19(29)13-33-21(28)31/h1-5,10-11H,6-9,12-13H2,(H,26,30). The third-order valence-corrected chi connectivity index (χ3v) is 6.15. The van der Waals surface area contributed by atoms with E-state index in [1.807, 2.05) is 4.90 Å². The van der Waals surface area contributed by atoms with E-state index in [2.05, 4.69) is 5.32 Å². The van der Waals surface area contributed by atoms with Gasteiger partial charge < -0.3 is 15.0 Å². The number of hydrogen-bond donors (Lipinski definition) is 1. The molecule has 2 aromatic carbocycles. The van der Waals surface area contributed by atoms with Crippen molar-refractivity contribution in [3.05, 3.63) is 59.2 Å². The van der Waals surface area contributed by atoms with Gasteiger partial charge in [0.25, 0.3) is 11.1 Å². The van der Waals surface area contributed by atoms with Gasteiger partial charge in [-0.25, -0.2) is 0 Å². The number of ether oxygens (including phenoxy) is 1. The molecule has 0 bridgehead atoms. The lowest BCUT2D eigenvalue weighted by molar-refractivity contribution is -0.137. The van der Waals surface area contributed by atoms with E-state index in [4.69, 9.17) is 4.74 Å². The normalized spacial score (nSPS) is 16.9. The molecule has 174 valence electrons. The highest BCUT2D eigenvalue weighted by molar-refractivity contribution is 8.14. The second-order valence-electron chi connectivity index (χ2n) is 7.52. The number of halogens is 3. The third kappa shape index (κ3) is 5.31. The smallest absolute Gasteiger partial charge is 0.378 e. The van der Waals surface area contributed by atoms with Gasteiger partial charge in [0.2, 0.25) is 5.91 Å². The van der Waals surface area contributed by atoms with Crippen molar-refractivity contribution in [3.8, 4) is 0 Å². The van der Waals surface area contributed by atoms with Crippen LogP contribution in [0.1, 0.15) is 21.5 Å². The van der Waals surface area contributed by atoms with Gasteiger partial charge in [-0.1, -0.05) is 23.9 Å². The topological polar surface area (TPSA) is 79.0 Å². The molecule has 0 atom stereocenters. The molecule has 1 N–H and O–H groups in total. The number of carbonyl (C=O) groups is 3. The lowest BCUT2D eigenvalue weighted by atomic mass is 10.1. The average Bonchev–Trinajstić information content (AvgIpc) is 3.11. The Morgan fingerprint density at radius 2 is 1.85 bits per heavy atom. The molecule has 0 radical (unpaired) electrons. The summed E-state index contributed by atoms with van der Waals surface area (Å²) in [5.74, 6) is -0.822. The van der Waals surface area contributed by atoms with E-state index in [0.717, 1.165) is 28.8 Å². The number of morpholine rings is 1. The molecule has 2 fully saturated rings. The van der Waals surface area contributed by atoms with Crippen LogP contribution >= 0.6 is 11.8 Å². The van der Waals surface area contributed by atoms with E-state index < -0.39 is 17.6 Å². The fraction of sp³-hybridized carbons (Fsp3) is 0.318. The van der Waals surface area contributed by atoms with Gasteiger partial charge in [0.05, 0.1) is 42.4 Å². The molecule has 11 heteroatoms. The van der Waals surface area contributed by atoms with Crippen LogP contribution in [0.4, 0.5) is 29.3 Å². The van der Waals surface area contributed by atoms with Gasteiger partial charge in [-0.3, -0.25) is 19.3 Å². The molecular weight excluding hydrogens is 459 g/mol. The Bertz CT molecular complexity index is 1070. The number of anilines is 2. The molecule has 0 spiro atoms. The number of alkyl halides is 3. The third-order valence-electron chi connectivity index (χ3n) is 5.29. The minimum absolute atomic E-state index is 0.0222. The van der Waals surface area contributed by atoms with Gasteiger partial charge in [0, 0.05) is 18.7 Å². The van der Waals surface area contributed by atoms with Crippen molar-refractivity contribution in [1.82, 2.24) is 4.90 Å². The van der Waals surface area contributed by atoms with Crippen molar-refractivity contribution < 1.29 is 32.3 Å². The number of benzene rings is 2. The summed E-state index contributed by atoms with van der Waals surface area (Å²) < 4.78 is 45.2. The van der Waals surface area contributed by atoms with Crippen molar-refractivity contribution in [1.29, 1.82) is 0 Å². The van der Waals surface area contributed by atoms with Gasteiger partial charge in [-0.05, 0) is 35.9 Å². The Morgan fingerprint density at radius 1 is 1.09 bits per heavy atom. The van der Waals surface area contributed by atoms with Crippen LogP contribution < -0.4 is 10.2 Å². The number of nitrogens with zero attached hydrogens (tertiary/aromatic N) is 2. The lowest BCUT2D eigenvalue weighted by Crippen LogP contribution is -2.36. The zero-order chi connectivity index (χ0) is 23.6. The van der Waals surface area contributed by atoms with Gasteiger partial charge in [0.15, 0.2) is 0 Å². The SMILES string of the molecule is O=C(Nc1cc(C(F)(F)F)ccc1N1CCOCC1)c1cccc(CN2C(=O)CSC2=O)c1. The average molecular weight is 479 g/mol. The molecule has 2 heterocycles. The number of thioether (sulfide) groups is 1. The lowest BCUT2D eigenvalue weighted by Gasteiger charge is -2.31. The van der Waals surface area contributed by atoms with E-state index in [-0.39, 0.29) is 34.7 Å². The van der Waals surface area contributed by atoms with Crippen molar-refractivity contribution in [2.45, 2.75) is 12.7 Å². The number of nitrogens with one attached hydrogen (secondary N) is 1. The van der Waals surface area contributed by atoms with E-state index in [1.165, 1.54) is 18.2 Å². The van der Waals surface area contributed by atoms with Crippen LogP contribution in [0.15, 0.2) is 42.5 Å². The van der Waals surface area contributed by atoms with E-state index >= 15 is 0 Å². The summed E-state index contributed by atoms with van der Waals surface area (Å²) in [5, 5.41) is 2.25. The molecule has 2 aliphatic heterocycles.